The van der Waals surface area contributed by atoms with Crippen LogP contribution in [0.5, 0.6) is 0 Å². The number of amides is 1. The maximum atomic E-state index is 11.3. The van der Waals surface area contributed by atoms with Crippen molar-refractivity contribution in [3.05, 3.63) is 27.8 Å². The molecule has 0 saturated carbocycles. The van der Waals surface area contributed by atoms with Gasteiger partial charge in [0.2, 0.25) is 5.91 Å². The number of carbonyl (C=O) groups excluding carboxylic acids is 1. The molecule has 2 rings (SSSR count). The molecule has 1 heterocycles. The van der Waals surface area contributed by atoms with Crippen LogP contribution in [0.15, 0.2) is 12.1 Å². The van der Waals surface area contributed by atoms with Crippen LogP contribution in [0.1, 0.15) is 12.5 Å². The zero-order valence-electron chi connectivity index (χ0n) is 10.7. The molecule has 3 N–H and O–H groups in total. The lowest BCUT2D eigenvalue weighted by atomic mass is 10.1. The summed E-state index contributed by atoms with van der Waals surface area (Å²) in [4.78, 5) is 32.5. The highest BCUT2D eigenvalue weighted by Crippen LogP contribution is 2.34. The zero-order valence-corrected chi connectivity index (χ0v) is 10.7. The van der Waals surface area contributed by atoms with E-state index in [1.165, 1.54) is 19.1 Å². The van der Waals surface area contributed by atoms with Crippen molar-refractivity contribution in [3.63, 3.8) is 0 Å². The first-order valence-electron chi connectivity index (χ1n) is 5.96. The summed E-state index contributed by atoms with van der Waals surface area (Å²) in [6.07, 6.45) is 0.113. The molecular weight excluding hydrogens is 266 g/mol. The predicted octanol–water partition coefficient (Wildman–Crippen LogP) is 1.22. The van der Waals surface area contributed by atoms with Crippen molar-refractivity contribution >= 4 is 28.9 Å². The van der Waals surface area contributed by atoms with Gasteiger partial charge in [0.1, 0.15) is 5.69 Å². The van der Waals surface area contributed by atoms with E-state index in [0.717, 1.165) is 0 Å². The normalized spacial score (nSPS) is 14.3. The molecule has 8 heteroatoms. The molecule has 1 aromatic carbocycles. The van der Waals surface area contributed by atoms with E-state index in [9.17, 15) is 19.7 Å². The number of carbonyl (C=O) groups is 2. The molecule has 1 aromatic rings. The number of nitrogens with zero attached hydrogens (tertiary/aromatic N) is 1. The highest BCUT2D eigenvalue weighted by atomic mass is 16.6. The lowest BCUT2D eigenvalue weighted by Gasteiger charge is -2.11. The Labute approximate surface area is 113 Å². The highest BCUT2D eigenvalue weighted by molar-refractivity contribution is 6.00. The number of carboxylic acid groups (broad SMARTS) is 1. The van der Waals surface area contributed by atoms with E-state index in [-0.39, 0.29) is 30.2 Å². The molecule has 0 aromatic heterocycles. The Bertz CT molecular complexity index is 599. The Morgan fingerprint density at radius 2 is 2.30 bits per heavy atom. The van der Waals surface area contributed by atoms with Crippen molar-refractivity contribution < 1.29 is 19.6 Å². The predicted molar refractivity (Wildman–Crippen MR) is 70.7 cm³/mol. The minimum atomic E-state index is -0.991. The first kappa shape index (κ1) is 13.8. The van der Waals surface area contributed by atoms with E-state index >= 15 is 0 Å². The van der Waals surface area contributed by atoms with Crippen LogP contribution in [0.4, 0.5) is 17.1 Å². The quantitative estimate of drug-likeness (QED) is 0.550. The molecule has 1 amide bonds. The van der Waals surface area contributed by atoms with Gasteiger partial charge in [-0.25, -0.2) is 0 Å². The first-order valence-corrected chi connectivity index (χ1v) is 5.96. The summed E-state index contributed by atoms with van der Waals surface area (Å²) in [7, 11) is 0. The van der Waals surface area contributed by atoms with E-state index in [4.69, 9.17) is 5.11 Å². The van der Waals surface area contributed by atoms with Crippen molar-refractivity contribution in [3.8, 4) is 0 Å². The second-order valence-corrected chi connectivity index (χ2v) is 4.63. The van der Waals surface area contributed by atoms with Crippen molar-refractivity contribution in [2.45, 2.75) is 13.3 Å². The largest absolute Gasteiger partial charge is 0.481 e. The number of hydrogen-bond acceptors (Lipinski definition) is 5. The van der Waals surface area contributed by atoms with Crippen LogP contribution in [0, 0.1) is 16.0 Å². The van der Waals surface area contributed by atoms with Gasteiger partial charge in [-0.15, -0.1) is 0 Å². The van der Waals surface area contributed by atoms with E-state index < -0.39 is 16.8 Å². The third kappa shape index (κ3) is 2.68. The lowest BCUT2D eigenvalue weighted by molar-refractivity contribution is -0.384. The van der Waals surface area contributed by atoms with E-state index in [0.29, 0.717) is 11.3 Å². The Kier molecular flexibility index (Phi) is 3.55. The third-order valence-corrected chi connectivity index (χ3v) is 3.06. The van der Waals surface area contributed by atoms with Gasteiger partial charge in [-0.1, -0.05) is 6.92 Å². The summed E-state index contributed by atoms with van der Waals surface area (Å²) < 4.78 is 0. The fourth-order valence-corrected chi connectivity index (χ4v) is 1.90. The average molecular weight is 279 g/mol. The Hall–Kier alpha value is -2.64. The summed E-state index contributed by atoms with van der Waals surface area (Å²) in [5.74, 6) is -1.89. The van der Waals surface area contributed by atoms with Crippen molar-refractivity contribution in [2.24, 2.45) is 5.92 Å². The average Bonchev–Trinajstić information content (AvgIpc) is 2.73. The standard InChI is InChI=1S/C12H13N3O5/c1-6(12(17)18)5-13-9-4-8-7(3-11(16)14-8)2-10(9)15(19)20/h2,4,6,13H,3,5H2,1H3,(H,14,16)(H,17,18). The fraction of sp³-hybridized carbons (Fsp3) is 0.333. The second-order valence-electron chi connectivity index (χ2n) is 4.63. The Morgan fingerprint density at radius 1 is 1.60 bits per heavy atom. The van der Waals surface area contributed by atoms with Crippen LogP contribution in [0.25, 0.3) is 0 Å². The molecule has 0 aliphatic carbocycles. The monoisotopic (exact) mass is 279 g/mol. The highest BCUT2D eigenvalue weighted by Gasteiger charge is 2.25. The molecular formula is C12H13N3O5. The molecule has 106 valence electrons. The smallest absolute Gasteiger partial charge is 0.308 e. The molecule has 0 fully saturated rings. The van der Waals surface area contributed by atoms with E-state index in [2.05, 4.69) is 10.6 Å². The number of fused-ring (bicyclic) bond motifs is 1. The first-order chi connectivity index (χ1) is 9.38. The topological polar surface area (TPSA) is 122 Å². The molecule has 1 aliphatic heterocycles. The number of anilines is 2. The van der Waals surface area contributed by atoms with Gasteiger partial charge >= 0.3 is 5.97 Å². The van der Waals surface area contributed by atoms with Gasteiger partial charge in [-0.05, 0) is 11.6 Å². The van der Waals surface area contributed by atoms with Crippen LogP contribution in [-0.4, -0.2) is 28.5 Å². The summed E-state index contributed by atoms with van der Waals surface area (Å²) >= 11 is 0. The van der Waals surface area contributed by atoms with Gasteiger partial charge in [-0.2, -0.15) is 0 Å². The summed E-state index contributed by atoms with van der Waals surface area (Å²) in [6, 6.07) is 2.80. The minimum Gasteiger partial charge on any atom is -0.481 e. The number of nitrogens with one attached hydrogen (secondary N) is 2. The number of hydrogen-bond donors (Lipinski definition) is 3. The lowest BCUT2D eigenvalue weighted by Crippen LogP contribution is -2.20. The van der Waals surface area contributed by atoms with Gasteiger partial charge in [0, 0.05) is 18.3 Å². The minimum absolute atomic E-state index is 0.0584. The van der Waals surface area contributed by atoms with Gasteiger partial charge in [0.25, 0.3) is 5.69 Å². The van der Waals surface area contributed by atoms with Crippen LogP contribution in [0.3, 0.4) is 0 Å². The summed E-state index contributed by atoms with van der Waals surface area (Å²) in [5.41, 5.74) is 1.12. The van der Waals surface area contributed by atoms with E-state index in [1.807, 2.05) is 0 Å². The number of nitro groups is 1. The summed E-state index contributed by atoms with van der Waals surface area (Å²) in [6.45, 7) is 1.55. The number of benzene rings is 1. The van der Waals surface area contributed by atoms with E-state index in [1.54, 1.807) is 0 Å². The number of rotatable bonds is 5. The molecule has 0 spiro atoms. The molecule has 0 radical (unpaired) electrons. The molecule has 0 saturated heterocycles. The van der Waals surface area contributed by atoms with Gasteiger partial charge in [-0.3, -0.25) is 19.7 Å². The zero-order chi connectivity index (χ0) is 14.9. The molecule has 0 bridgehead atoms. The number of nitro benzene ring substituents is 1. The molecule has 1 aliphatic rings. The molecule has 8 nitrogen and oxygen atoms in total. The maximum absolute atomic E-state index is 11.3. The van der Waals surface area contributed by atoms with Gasteiger partial charge in [0.15, 0.2) is 0 Å². The second kappa shape index (κ2) is 5.16. The van der Waals surface area contributed by atoms with Crippen LogP contribution in [0.2, 0.25) is 0 Å². The Morgan fingerprint density at radius 3 is 2.90 bits per heavy atom. The molecule has 1 unspecified atom stereocenters. The van der Waals surface area contributed by atoms with Gasteiger partial charge in [0.05, 0.1) is 17.3 Å². The third-order valence-electron chi connectivity index (χ3n) is 3.06. The number of carboxylic acids is 1. The molecule has 1 atom stereocenters. The van der Waals surface area contributed by atoms with Crippen molar-refractivity contribution in [2.75, 3.05) is 17.2 Å². The molecule has 20 heavy (non-hydrogen) atoms. The SMILES string of the molecule is CC(CNc1cc2c(cc1[N+](=O)[O-])CC(=O)N2)C(=O)O. The maximum Gasteiger partial charge on any atom is 0.308 e. The number of aliphatic carboxylic acids is 1. The van der Waals surface area contributed by atoms with Gasteiger partial charge < -0.3 is 15.7 Å². The fourth-order valence-electron chi connectivity index (χ4n) is 1.90. The van der Waals surface area contributed by atoms with Crippen molar-refractivity contribution in [1.82, 2.24) is 0 Å². The van der Waals surface area contributed by atoms with Crippen molar-refractivity contribution in [1.29, 1.82) is 0 Å². The van der Waals surface area contributed by atoms with Crippen LogP contribution in [-0.2, 0) is 16.0 Å². The summed E-state index contributed by atoms with van der Waals surface area (Å²) in [5, 5.41) is 25.2. The van der Waals surface area contributed by atoms with Crippen LogP contribution < -0.4 is 10.6 Å². The van der Waals surface area contributed by atoms with Crippen LogP contribution >= 0.6 is 0 Å². The Balaban J connectivity index is 2.27.